The molecule has 0 saturated carbocycles. The minimum absolute atomic E-state index is 0.122. The zero-order valence-electron chi connectivity index (χ0n) is 31.7. The standard InChI is InChI=1S/C42H89N3/c1-3-5-7-9-11-13-15-17-19-21-23-25-27-29-31-34-38-42(45,41(44)37-33-36-40-43)39-35-32-30-28-26-24-22-20-18-16-14-12-10-8-6-4-2/h41H,3-40,43-45H2,1-2H3. The number of unbranched alkanes of at least 4 members (excludes halogenated alkanes) is 31. The molecule has 45 heavy (non-hydrogen) atoms. The highest BCUT2D eigenvalue weighted by Gasteiger charge is 2.30. The zero-order valence-corrected chi connectivity index (χ0v) is 31.7. The lowest BCUT2D eigenvalue weighted by molar-refractivity contribution is 0.264. The summed E-state index contributed by atoms with van der Waals surface area (Å²) in [7, 11) is 0. The maximum absolute atomic E-state index is 7.09. The lowest BCUT2D eigenvalue weighted by atomic mass is 9.79. The minimum Gasteiger partial charge on any atom is -0.330 e. The van der Waals surface area contributed by atoms with Gasteiger partial charge in [0.2, 0.25) is 0 Å². The average molecular weight is 636 g/mol. The molecule has 0 radical (unpaired) electrons. The Kier molecular flexibility index (Phi) is 36.6. The fourth-order valence-corrected chi connectivity index (χ4v) is 7.30. The van der Waals surface area contributed by atoms with Gasteiger partial charge in [0.1, 0.15) is 0 Å². The molecule has 272 valence electrons. The highest BCUT2D eigenvalue weighted by atomic mass is 14.9. The summed E-state index contributed by atoms with van der Waals surface area (Å²) in [6.45, 7) is 5.37. The molecule has 0 rings (SSSR count). The summed E-state index contributed by atoms with van der Waals surface area (Å²) < 4.78 is 0. The molecule has 0 aromatic heterocycles. The number of hydrogen-bond donors (Lipinski definition) is 3. The van der Waals surface area contributed by atoms with E-state index in [9.17, 15) is 0 Å². The molecule has 0 aliphatic carbocycles. The lowest BCUT2D eigenvalue weighted by Crippen LogP contribution is -2.55. The molecule has 1 unspecified atom stereocenters. The topological polar surface area (TPSA) is 78.1 Å². The summed E-state index contributed by atoms with van der Waals surface area (Å²) in [5, 5.41) is 0. The highest BCUT2D eigenvalue weighted by molar-refractivity contribution is 4.94. The number of rotatable bonds is 39. The van der Waals surface area contributed by atoms with Gasteiger partial charge in [0.15, 0.2) is 0 Å². The van der Waals surface area contributed by atoms with Crippen molar-refractivity contribution in [1.82, 2.24) is 0 Å². The SMILES string of the molecule is CCCCCCCCCCCCCCCCCCC(N)(CCCCCCCCCCCCCCCCCC)C(N)CCCCN. The van der Waals surface area contributed by atoms with Crippen LogP contribution in [-0.2, 0) is 0 Å². The van der Waals surface area contributed by atoms with Crippen LogP contribution in [0.4, 0.5) is 0 Å². The maximum Gasteiger partial charge on any atom is 0.0307 e. The lowest BCUT2D eigenvalue weighted by Gasteiger charge is -2.36. The van der Waals surface area contributed by atoms with Crippen LogP contribution in [0.25, 0.3) is 0 Å². The molecule has 6 N–H and O–H groups in total. The molecule has 0 saturated heterocycles. The molecule has 0 fully saturated rings. The summed E-state index contributed by atoms with van der Waals surface area (Å²) in [6.07, 6.45) is 50.7. The van der Waals surface area contributed by atoms with E-state index in [1.165, 1.54) is 205 Å². The first-order chi connectivity index (χ1) is 22.1. The molecular formula is C42H89N3. The molecular weight excluding hydrogens is 546 g/mol. The summed E-state index contributed by atoms with van der Waals surface area (Å²) in [5.74, 6) is 0. The van der Waals surface area contributed by atoms with Gasteiger partial charge in [0, 0.05) is 11.6 Å². The Hall–Kier alpha value is -0.120. The Morgan fingerprint density at radius 3 is 0.844 bits per heavy atom. The third-order valence-corrected chi connectivity index (χ3v) is 10.7. The van der Waals surface area contributed by atoms with Gasteiger partial charge < -0.3 is 17.2 Å². The smallest absolute Gasteiger partial charge is 0.0307 e. The Morgan fingerprint density at radius 2 is 0.600 bits per heavy atom. The van der Waals surface area contributed by atoms with Gasteiger partial charge in [-0.3, -0.25) is 0 Å². The van der Waals surface area contributed by atoms with E-state index in [-0.39, 0.29) is 11.6 Å². The van der Waals surface area contributed by atoms with Crippen LogP contribution in [0, 0.1) is 0 Å². The van der Waals surface area contributed by atoms with Crippen LogP contribution in [0.1, 0.15) is 251 Å². The van der Waals surface area contributed by atoms with E-state index >= 15 is 0 Å². The normalized spacial score (nSPS) is 12.7. The van der Waals surface area contributed by atoms with Gasteiger partial charge in [-0.25, -0.2) is 0 Å². The minimum atomic E-state index is -0.180. The number of hydrogen-bond acceptors (Lipinski definition) is 3. The van der Waals surface area contributed by atoms with Crippen LogP contribution in [0.5, 0.6) is 0 Å². The fraction of sp³-hybridized carbons (Fsp3) is 1.00. The summed E-state index contributed by atoms with van der Waals surface area (Å²) in [6, 6.07) is 0.122. The largest absolute Gasteiger partial charge is 0.330 e. The van der Waals surface area contributed by atoms with Crippen molar-refractivity contribution in [2.75, 3.05) is 6.54 Å². The van der Waals surface area contributed by atoms with E-state index in [4.69, 9.17) is 17.2 Å². The Labute approximate surface area is 286 Å². The van der Waals surface area contributed by atoms with Crippen molar-refractivity contribution in [3.05, 3.63) is 0 Å². The van der Waals surface area contributed by atoms with Crippen molar-refractivity contribution in [1.29, 1.82) is 0 Å². The third kappa shape index (κ3) is 32.2. The van der Waals surface area contributed by atoms with E-state index in [0.717, 1.165) is 38.6 Å². The summed E-state index contributed by atoms with van der Waals surface area (Å²) >= 11 is 0. The maximum atomic E-state index is 7.09. The van der Waals surface area contributed by atoms with Crippen LogP contribution in [0.2, 0.25) is 0 Å². The first-order valence-electron chi connectivity index (χ1n) is 21.3. The van der Waals surface area contributed by atoms with Gasteiger partial charge in [0.05, 0.1) is 0 Å². The predicted molar refractivity (Wildman–Crippen MR) is 206 cm³/mol. The van der Waals surface area contributed by atoms with E-state index in [1.54, 1.807) is 0 Å². The van der Waals surface area contributed by atoms with Crippen molar-refractivity contribution in [3.63, 3.8) is 0 Å². The highest BCUT2D eigenvalue weighted by Crippen LogP contribution is 2.26. The molecule has 0 aromatic carbocycles. The molecule has 3 nitrogen and oxygen atoms in total. The van der Waals surface area contributed by atoms with Gasteiger partial charge in [0.25, 0.3) is 0 Å². The quantitative estimate of drug-likeness (QED) is 0.0588. The third-order valence-electron chi connectivity index (χ3n) is 10.7. The molecule has 0 bridgehead atoms. The van der Waals surface area contributed by atoms with Gasteiger partial charge in [-0.15, -0.1) is 0 Å². The summed E-state index contributed by atoms with van der Waals surface area (Å²) in [5.41, 5.74) is 19.4. The van der Waals surface area contributed by atoms with Crippen LogP contribution in [0.15, 0.2) is 0 Å². The van der Waals surface area contributed by atoms with Crippen molar-refractivity contribution in [2.24, 2.45) is 17.2 Å². The Balaban J connectivity index is 3.87. The first kappa shape index (κ1) is 44.9. The molecule has 1 atom stereocenters. The van der Waals surface area contributed by atoms with Crippen molar-refractivity contribution >= 4 is 0 Å². The van der Waals surface area contributed by atoms with Gasteiger partial charge in [-0.2, -0.15) is 0 Å². The molecule has 0 amide bonds. The average Bonchev–Trinajstić information content (AvgIpc) is 3.04. The molecule has 0 aliphatic rings. The van der Waals surface area contributed by atoms with E-state index < -0.39 is 0 Å². The van der Waals surface area contributed by atoms with Gasteiger partial charge >= 0.3 is 0 Å². The number of nitrogens with two attached hydrogens (primary N) is 3. The second-order valence-corrected chi connectivity index (χ2v) is 15.2. The van der Waals surface area contributed by atoms with Crippen LogP contribution < -0.4 is 17.2 Å². The summed E-state index contributed by atoms with van der Waals surface area (Å²) in [4.78, 5) is 0. The van der Waals surface area contributed by atoms with Gasteiger partial charge in [-0.05, 0) is 32.2 Å². The van der Waals surface area contributed by atoms with Crippen LogP contribution in [-0.4, -0.2) is 18.1 Å². The Bertz CT molecular complexity index is 500. The van der Waals surface area contributed by atoms with Crippen molar-refractivity contribution < 1.29 is 0 Å². The predicted octanol–water partition coefficient (Wildman–Crippen LogP) is 13.4. The van der Waals surface area contributed by atoms with Gasteiger partial charge in [-0.1, -0.05) is 226 Å². The Morgan fingerprint density at radius 1 is 0.356 bits per heavy atom. The monoisotopic (exact) mass is 636 g/mol. The first-order valence-corrected chi connectivity index (χ1v) is 21.3. The fourth-order valence-electron chi connectivity index (χ4n) is 7.30. The van der Waals surface area contributed by atoms with Crippen molar-refractivity contribution in [2.45, 2.75) is 263 Å². The van der Waals surface area contributed by atoms with Crippen LogP contribution in [0.3, 0.4) is 0 Å². The van der Waals surface area contributed by atoms with Crippen molar-refractivity contribution in [3.8, 4) is 0 Å². The molecule has 3 heteroatoms. The molecule has 0 aliphatic heterocycles. The second-order valence-electron chi connectivity index (χ2n) is 15.2. The van der Waals surface area contributed by atoms with E-state index in [0.29, 0.717) is 0 Å². The van der Waals surface area contributed by atoms with Crippen LogP contribution >= 0.6 is 0 Å². The second kappa shape index (κ2) is 36.7. The molecule has 0 aromatic rings. The van der Waals surface area contributed by atoms with E-state index in [2.05, 4.69) is 13.8 Å². The molecule has 0 spiro atoms. The molecule has 0 heterocycles. The van der Waals surface area contributed by atoms with E-state index in [1.807, 2.05) is 0 Å². The zero-order chi connectivity index (χ0) is 32.9.